The summed E-state index contributed by atoms with van der Waals surface area (Å²) in [5, 5.41) is 10.3. The molecule has 3 aromatic rings. The third kappa shape index (κ3) is 3.83. The predicted molar refractivity (Wildman–Crippen MR) is 125 cm³/mol. The van der Waals surface area contributed by atoms with Gasteiger partial charge in [0.25, 0.3) is 0 Å². The first-order valence-corrected chi connectivity index (χ1v) is 10.2. The summed E-state index contributed by atoms with van der Waals surface area (Å²) in [6.45, 7) is 3.65. The minimum Gasteiger partial charge on any atom is -0.389 e. The van der Waals surface area contributed by atoms with Gasteiger partial charge in [-0.25, -0.2) is 9.97 Å². The minimum absolute atomic E-state index is 0.290. The smallest absolute Gasteiger partial charge is 0.0814 e. The molecule has 31 heavy (non-hydrogen) atoms. The largest absolute Gasteiger partial charge is 0.389 e. The quantitative estimate of drug-likeness (QED) is 0.435. The Bertz CT molecular complexity index is 1430. The molecular formula is C25H24N4O2. The standard InChI is InChI=1S/C25H24N4O2/c1-14(30)22-10-21-13-25-23(15(2)31-3)11-20(28-25)9-18-5-4-16(26-18)8-17-6-7-19(27-17)12-24(22)29-21/h4-15,26,29-30H,1-3H3/i11D. The number of nitrogens with one attached hydrogen (secondary N) is 2. The van der Waals surface area contributed by atoms with E-state index >= 15 is 0 Å². The minimum atomic E-state index is -0.652. The van der Waals surface area contributed by atoms with Crippen LogP contribution in [0.25, 0.3) is 45.8 Å². The second-order valence-electron chi connectivity index (χ2n) is 7.81. The molecule has 2 aliphatic heterocycles. The van der Waals surface area contributed by atoms with Crippen LogP contribution in [-0.2, 0) is 4.74 Å². The van der Waals surface area contributed by atoms with E-state index in [-0.39, 0.29) is 6.10 Å². The summed E-state index contributed by atoms with van der Waals surface area (Å²) in [6.07, 6.45) is 2.96. The van der Waals surface area contributed by atoms with Crippen LogP contribution in [0.4, 0.5) is 0 Å². The molecule has 6 heteroatoms. The number of aliphatic hydroxyl groups excluding tert-OH is 1. The molecule has 3 N–H and O–H groups in total. The lowest BCUT2D eigenvalue weighted by Gasteiger charge is -2.09. The summed E-state index contributed by atoms with van der Waals surface area (Å²) >= 11 is 0. The van der Waals surface area contributed by atoms with E-state index in [1.54, 1.807) is 14.0 Å². The van der Waals surface area contributed by atoms with E-state index in [0.717, 1.165) is 44.6 Å². The van der Waals surface area contributed by atoms with Gasteiger partial charge in [0, 0.05) is 40.3 Å². The lowest BCUT2D eigenvalue weighted by Crippen LogP contribution is -2.06. The first-order chi connectivity index (χ1) is 15.4. The first kappa shape index (κ1) is 18.3. The van der Waals surface area contributed by atoms with Crippen molar-refractivity contribution in [1.82, 2.24) is 19.9 Å². The monoisotopic (exact) mass is 413 g/mol. The number of nitrogens with zero attached hydrogens (tertiary/aromatic N) is 2. The molecule has 156 valence electrons. The highest BCUT2D eigenvalue weighted by molar-refractivity contribution is 5.87. The van der Waals surface area contributed by atoms with E-state index in [4.69, 9.17) is 11.1 Å². The number of aliphatic hydroxyl groups is 1. The first-order valence-electron chi connectivity index (χ1n) is 10.7. The average Bonchev–Trinajstić information content (AvgIpc) is 3.52. The maximum absolute atomic E-state index is 10.3. The fourth-order valence-corrected chi connectivity index (χ4v) is 3.83. The summed E-state index contributed by atoms with van der Waals surface area (Å²) in [7, 11) is 1.63. The fraction of sp³-hybridized carbons (Fsp3) is 0.200. The van der Waals surface area contributed by atoms with Crippen molar-refractivity contribution in [1.29, 1.82) is 0 Å². The normalized spacial score (nSPS) is 15.8. The number of ether oxygens (including phenoxy) is 1. The Morgan fingerprint density at radius 2 is 1.61 bits per heavy atom. The summed E-state index contributed by atoms with van der Waals surface area (Å²) in [5.74, 6) is 0. The van der Waals surface area contributed by atoms with Crippen LogP contribution in [0, 0.1) is 0 Å². The van der Waals surface area contributed by atoms with Gasteiger partial charge in [0.1, 0.15) is 0 Å². The molecule has 5 rings (SSSR count). The lowest BCUT2D eigenvalue weighted by molar-refractivity contribution is 0.164. The topological polar surface area (TPSA) is 86.8 Å². The van der Waals surface area contributed by atoms with Gasteiger partial charge in [0.2, 0.25) is 0 Å². The van der Waals surface area contributed by atoms with Gasteiger partial charge >= 0.3 is 0 Å². The molecule has 0 fully saturated rings. The molecule has 0 saturated carbocycles. The molecule has 0 aromatic carbocycles. The van der Waals surface area contributed by atoms with Crippen LogP contribution in [0.2, 0.25) is 0 Å². The van der Waals surface area contributed by atoms with Crippen LogP contribution in [0.1, 0.15) is 49.7 Å². The summed E-state index contributed by atoms with van der Waals surface area (Å²) < 4.78 is 14.3. The highest BCUT2D eigenvalue weighted by Crippen LogP contribution is 2.28. The third-order valence-corrected chi connectivity index (χ3v) is 5.49. The van der Waals surface area contributed by atoms with Crippen molar-refractivity contribution in [3.05, 3.63) is 70.8 Å². The molecule has 0 radical (unpaired) electrons. The van der Waals surface area contributed by atoms with Gasteiger partial charge < -0.3 is 19.8 Å². The molecular weight excluding hydrogens is 388 g/mol. The maximum atomic E-state index is 10.3. The van der Waals surface area contributed by atoms with Crippen molar-refractivity contribution in [2.45, 2.75) is 26.1 Å². The van der Waals surface area contributed by atoms with Crippen molar-refractivity contribution in [3.8, 4) is 0 Å². The van der Waals surface area contributed by atoms with Gasteiger partial charge in [-0.1, -0.05) is 0 Å². The lowest BCUT2D eigenvalue weighted by atomic mass is 10.1. The SMILES string of the molecule is [2H]C1=C(C(C)OC)c2cc3cc(C(C)O)c(cc4nc(cc5ccc(cc1n2)[nH]5)C=C4)[nH]3. The number of aromatic nitrogens is 4. The van der Waals surface area contributed by atoms with Crippen LogP contribution in [0.3, 0.4) is 0 Å². The molecule has 6 nitrogen and oxygen atoms in total. The second-order valence-corrected chi connectivity index (χ2v) is 7.81. The Labute approximate surface area is 181 Å². The van der Waals surface area contributed by atoms with Crippen molar-refractivity contribution >= 4 is 45.8 Å². The van der Waals surface area contributed by atoms with Gasteiger partial charge in [-0.15, -0.1) is 0 Å². The van der Waals surface area contributed by atoms with Crippen molar-refractivity contribution in [2.75, 3.05) is 7.11 Å². The highest BCUT2D eigenvalue weighted by Gasteiger charge is 2.17. The Morgan fingerprint density at radius 3 is 2.32 bits per heavy atom. The Balaban J connectivity index is 1.88. The van der Waals surface area contributed by atoms with Gasteiger partial charge in [-0.2, -0.15) is 0 Å². The van der Waals surface area contributed by atoms with Gasteiger partial charge in [0.15, 0.2) is 0 Å². The van der Waals surface area contributed by atoms with Gasteiger partial charge in [-0.05, 0) is 74.5 Å². The van der Waals surface area contributed by atoms with E-state index in [2.05, 4.69) is 15.0 Å². The van der Waals surface area contributed by atoms with Crippen molar-refractivity contribution < 1.29 is 11.2 Å². The van der Waals surface area contributed by atoms with E-state index in [1.165, 1.54) is 0 Å². The molecule has 3 aromatic heterocycles. The van der Waals surface area contributed by atoms with Gasteiger partial charge in [0.05, 0.1) is 36.4 Å². The summed E-state index contributed by atoms with van der Waals surface area (Å²) in [6, 6.07) is 13.8. The van der Waals surface area contributed by atoms with E-state index in [0.29, 0.717) is 17.4 Å². The Kier molecular flexibility index (Phi) is 4.52. The molecule has 0 saturated heterocycles. The molecule has 2 unspecified atom stereocenters. The molecule has 2 aliphatic rings. The summed E-state index contributed by atoms with van der Waals surface area (Å²) in [5.41, 5.74) is 7.70. The predicted octanol–water partition coefficient (Wildman–Crippen LogP) is 5.11. The average molecular weight is 413 g/mol. The van der Waals surface area contributed by atoms with Crippen LogP contribution >= 0.6 is 0 Å². The number of methoxy groups -OCH3 is 1. The van der Waals surface area contributed by atoms with Crippen LogP contribution < -0.4 is 0 Å². The summed E-state index contributed by atoms with van der Waals surface area (Å²) in [4.78, 5) is 16.1. The number of rotatable bonds is 3. The maximum Gasteiger partial charge on any atom is 0.0814 e. The molecule has 0 amide bonds. The molecule has 5 heterocycles. The zero-order valence-electron chi connectivity index (χ0n) is 18.6. The zero-order valence-corrected chi connectivity index (χ0v) is 17.6. The van der Waals surface area contributed by atoms with Crippen LogP contribution in [0.15, 0.2) is 42.5 Å². The Hall–Kier alpha value is -3.48. The van der Waals surface area contributed by atoms with Crippen molar-refractivity contribution in [2.24, 2.45) is 0 Å². The zero-order chi connectivity index (χ0) is 22.4. The van der Waals surface area contributed by atoms with E-state index in [9.17, 15) is 5.11 Å². The Morgan fingerprint density at radius 1 is 0.903 bits per heavy atom. The van der Waals surface area contributed by atoms with E-state index in [1.807, 2.05) is 61.5 Å². The number of hydrogen-bond acceptors (Lipinski definition) is 4. The molecule has 0 aliphatic carbocycles. The number of hydrogen-bond donors (Lipinski definition) is 3. The van der Waals surface area contributed by atoms with E-state index < -0.39 is 6.10 Å². The highest BCUT2D eigenvalue weighted by atomic mass is 16.5. The molecule has 8 bridgehead atoms. The number of aromatic amines is 2. The molecule has 2 atom stereocenters. The van der Waals surface area contributed by atoms with Crippen molar-refractivity contribution in [3.63, 3.8) is 0 Å². The van der Waals surface area contributed by atoms with Gasteiger partial charge in [-0.3, -0.25) is 0 Å². The van der Waals surface area contributed by atoms with Crippen LogP contribution in [0.5, 0.6) is 0 Å². The molecule has 0 spiro atoms. The fourth-order valence-electron chi connectivity index (χ4n) is 3.83. The number of fused-ring (bicyclic) bond motifs is 8. The third-order valence-electron chi connectivity index (χ3n) is 5.49. The number of H-pyrrole nitrogens is 2. The second kappa shape index (κ2) is 7.65. The van der Waals surface area contributed by atoms with Crippen LogP contribution in [-0.4, -0.2) is 38.3 Å².